The number of nitrogens with zero attached hydrogens (tertiary/aromatic N) is 1. The standard InChI is InChI=1S/C46H31NO2/c1-3-9-32(10-4-1)34-21-26-40(27-22-34)47(39-13-5-2-6-14-39)41-28-23-35(24-29-41)33-17-19-36(20-18-33)38-25-30-42-45(31-38)49-44-16-8-12-37-11-7-15-43(48-42)46(37)44/h1-31H. The monoisotopic (exact) mass is 629 g/mol. The maximum atomic E-state index is 6.42. The van der Waals surface area contributed by atoms with Crippen LogP contribution in [0.3, 0.4) is 0 Å². The van der Waals surface area contributed by atoms with Crippen LogP contribution in [-0.2, 0) is 0 Å². The van der Waals surface area contributed by atoms with Crippen molar-refractivity contribution in [1.29, 1.82) is 0 Å². The second-order valence-corrected chi connectivity index (χ2v) is 12.2. The molecule has 0 spiro atoms. The van der Waals surface area contributed by atoms with Crippen molar-refractivity contribution < 1.29 is 9.47 Å². The summed E-state index contributed by atoms with van der Waals surface area (Å²) in [6, 6.07) is 65.6. The topological polar surface area (TPSA) is 21.7 Å². The van der Waals surface area contributed by atoms with Gasteiger partial charge in [0.1, 0.15) is 11.5 Å². The Kier molecular flexibility index (Phi) is 7.14. The first-order chi connectivity index (χ1) is 24.3. The van der Waals surface area contributed by atoms with Crippen molar-refractivity contribution in [2.45, 2.75) is 0 Å². The molecule has 3 nitrogen and oxygen atoms in total. The predicted octanol–water partition coefficient (Wildman–Crippen LogP) is 13.2. The molecule has 0 unspecified atom stereocenters. The molecular formula is C46H31NO2. The Bertz CT molecular complexity index is 2400. The summed E-state index contributed by atoms with van der Waals surface area (Å²) in [4.78, 5) is 2.30. The van der Waals surface area contributed by atoms with Crippen molar-refractivity contribution in [2.75, 3.05) is 4.90 Å². The van der Waals surface area contributed by atoms with Crippen LogP contribution in [0.25, 0.3) is 44.2 Å². The minimum atomic E-state index is 0.707. The SMILES string of the molecule is c1ccc(-c2ccc(N(c3ccccc3)c3ccc(-c4ccc(-c5ccc6c(c5)Oc5cccc7cccc(c57)O6)cc4)cc3)cc2)cc1. The summed E-state index contributed by atoms with van der Waals surface area (Å²) >= 11 is 0. The summed E-state index contributed by atoms with van der Waals surface area (Å²) in [6.45, 7) is 0. The summed E-state index contributed by atoms with van der Waals surface area (Å²) in [5.74, 6) is 3.03. The maximum absolute atomic E-state index is 6.42. The van der Waals surface area contributed by atoms with Crippen molar-refractivity contribution in [3.63, 3.8) is 0 Å². The van der Waals surface area contributed by atoms with Crippen LogP contribution in [0.5, 0.6) is 23.0 Å². The third-order valence-electron chi connectivity index (χ3n) is 9.14. The first-order valence-electron chi connectivity index (χ1n) is 16.5. The average molecular weight is 630 g/mol. The number of para-hydroxylation sites is 1. The van der Waals surface area contributed by atoms with Crippen molar-refractivity contribution >= 4 is 27.8 Å². The fourth-order valence-electron chi connectivity index (χ4n) is 6.65. The zero-order chi connectivity index (χ0) is 32.6. The molecule has 0 radical (unpaired) electrons. The third kappa shape index (κ3) is 5.48. The Morgan fingerprint density at radius 1 is 0.286 bits per heavy atom. The number of rotatable bonds is 6. The molecule has 49 heavy (non-hydrogen) atoms. The largest absolute Gasteiger partial charge is 0.453 e. The average Bonchev–Trinajstić information content (AvgIpc) is 3.33. The van der Waals surface area contributed by atoms with E-state index < -0.39 is 0 Å². The van der Waals surface area contributed by atoms with Gasteiger partial charge in [-0.15, -0.1) is 0 Å². The van der Waals surface area contributed by atoms with E-state index in [-0.39, 0.29) is 0 Å². The van der Waals surface area contributed by atoms with Gasteiger partial charge < -0.3 is 14.4 Å². The highest BCUT2D eigenvalue weighted by Crippen LogP contribution is 2.47. The second-order valence-electron chi connectivity index (χ2n) is 12.2. The van der Waals surface area contributed by atoms with Crippen molar-refractivity contribution in [2.24, 2.45) is 0 Å². The van der Waals surface area contributed by atoms with Crippen molar-refractivity contribution in [3.05, 3.63) is 188 Å². The lowest BCUT2D eigenvalue weighted by atomic mass is 9.99. The molecule has 0 amide bonds. The van der Waals surface area contributed by atoms with Gasteiger partial charge in [0.25, 0.3) is 0 Å². The number of fused-ring (bicyclic) bond motifs is 1. The second kappa shape index (κ2) is 12.2. The molecule has 1 aliphatic rings. The quantitative estimate of drug-likeness (QED) is 0.183. The molecule has 0 N–H and O–H groups in total. The summed E-state index contributed by atoms with van der Waals surface area (Å²) in [6.07, 6.45) is 0. The first kappa shape index (κ1) is 28.6. The highest BCUT2D eigenvalue weighted by molar-refractivity contribution is 5.95. The van der Waals surface area contributed by atoms with Crippen LogP contribution in [0.1, 0.15) is 0 Å². The van der Waals surface area contributed by atoms with Gasteiger partial charge in [0.15, 0.2) is 11.5 Å². The summed E-state index contributed by atoms with van der Waals surface area (Å²) in [5.41, 5.74) is 10.2. The van der Waals surface area contributed by atoms with Gasteiger partial charge in [-0.2, -0.15) is 0 Å². The molecule has 8 aromatic carbocycles. The molecule has 0 saturated carbocycles. The summed E-state index contributed by atoms with van der Waals surface area (Å²) in [5, 5.41) is 2.09. The lowest BCUT2D eigenvalue weighted by Crippen LogP contribution is -2.09. The molecule has 0 aliphatic carbocycles. The Hall–Kier alpha value is -6.58. The van der Waals surface area contributed by atoms with Crippen LogP contribution in [0.2, 0.25) is 0 Å². The zero-order valence-electron chi connectivity index (χ0n) is 26.7. The Morgan fingerprint density at radius 2 is 0.714 bits per heavy atom. The Balaban J connectivity index is 0.981. The zero-order valence-corrected chi connectivity index (χ0v) is 26.7. The molecule has 8 aromatic rings. The third-order valence-corrected chi connectivity index (χ3v) is 9.14. The molecule has 3 heteroatoms. The van der Waals surface area contributed by atoms with Gasteiger partial charge in [-0.1, -0.05) is 127 Å². The molecule has 0 bridgehead atoms. The molecule has 1 heterocycles. The summed E-state index contributed by atoms with van der Waals surface area (Å²) in [7, 11) is 0. The molecule has 1 aliphatic heterocycles. The van der Waals surface area contributed by atoms with Crippen LogP contribution in [0, 0.1) is 0 Å². The van der Waals surface area contributed by atoms with Gasteiger partial charge in [0.2, 0.25) is 0 Å². The Labute approximate surface area is 285 Å². The number of anilines is 3. The van der Waals surface area contributed by atoms with Crippen LogP contribution < -0.4 is 14.4 Å². The fourth-order valence-corrected chi connectivity index (χ4v) is 6.65. The van der Waals surface area contributed by atoms with E-state index in [4.69, 9.17) is 9.47 Å². The van der Waals surface area contributed by atoms with Crippen LogP contribution >= 0.6 is 0 Å². The highest BCUT2D eigenvalue weighted by atomic mass is 16.5. The molecule has 0 atom stereocenters. The van der Waals surface area contributed by atoms with E-state index in [0.717, 1.165) is 61.6 Å². The highest BCUT2D eigenvalue weighted by Gasteiger charge is 2.19. The van der Waals surface area contributed by atoms with E-state index in [9.17, 15) is 0 Å². The number of hydrogen-bond donors (Lipinski definition) is 0. The Morgan fingerprint density at radius 3 is 1.29 bits per heavy atom. The molecule has 0 aromatic heterocycles. The molecule has 0 fully saturated rings. The molecule has 0 saturated heterocycles. The normalized spacial score (nSPS) is 11.6. The van der Waals surface area contributed by atoms with Crippen molar-refractivity contribution in [3.8, 4) is 56.4 Å². The van der Waals surface area contributed by atoms with Gasteiger partial charge in [0.05, 0.1) is 5.39 Å². The van der Waals surface area contributed by atoms with Gasteiger partial charge in [-0.05, 0) is 99.4 Å². The number of hydrogen-bond acceptors (Lipinski definition) is 3. The minimum Gasteiger partial charge on any atom is -0.453 e. The first-order valence-corrected chi connectivity index (χ1v) is 16.5. The van der Waals surface area contributed by atoms with E-state index in [2.05, 4.69) is 157 Å². The number of benzene rings is 8. The molecule has 9 rings (SSSR count). The van der Waals surface area contributed by atoms with E-state index in [0.29, 0.717) is 11.5 Å². The lowest BCUT2D eigenvalue weighted by molar-refractivity contribution is 0.439. The fraction of sp³-hybridized carbons (Fsp3) is 0. The van der Waals surface area contributed by atoms with E-state index in [1.807, 2.05) is 36.4 Å². The van der Waals surface area contributed by atoms with E-state index in [1.165, 1.54) is 11.1 Å². The van der Waals surface area contributed by atoms with E-state index in [1.54, 1.807) is 0 Å². The number of ether oxygens (including phenoxy) is 2. The van der Waals surface area contributed by atoms with Crippen LogP contribution in [-0.4, -0.2) is 0 Å². The smallest absolute Gasteiger partial charge is 0.170 e. The summed E-state index contributed by atoms with van der Waals surface area (Å²) < 4.78 is 12.7. The maximum Gasteiger partial charge on any atom is 0.170 e. The van der Waals surface area contributed by atoms with Crippen LogP contribution in [0.4, 0.5) is 17.1 Å². The lowest BCUT2D eigenvalue weighted by Gasteiger charge is -2.26. The van der Waals surface area contributed by atoms with Crippen molar-refractivity contribution in [1.82, 2.24) is 0 Å². The van der Waals surface area contributed by atoms with Gasteiger partial charge in [-0.3, -0.25) is 0 Å². The van der Waals surface area contributed by atoms with Crippen LogP contribution in [0.15, 0.2) is 188 Å². The van der Waals surface area contributed by atoms with Gasteiger partial charge in [0, 0.05) is 17.1 Å². The molecule has 232 valence electrons. The van der Waals surface area contributed by atoms with Gasteiger partial charge in [-0.25, -0.2) is 0 Å². The molecular weight excluding hydrogens is 599 g/mol. The van der Waals surface area contributed by atoms with Gasteiger partial charge >= 0.3 is 0 Å². The minimum absolute atomic E-state index is 0.707. The predicted molar refractivity (Wildman–Crippen MR) is 202 cm³/mol. The van der Waals surface area contributed by atoms with E-state index >= 15 is 0 Å².